The summed E-state index contributed by atoms with van der Waals surface area (Å²) in [6.07, 6.45) is 8.03. The normalized spacial score (nSPS) is 21.1. The fourth-order valence-corrected chi connectivity index (χ4v) is 3.91. The van der Waals surface area contributed by atoms with E-state index in [-0.39, 0.29) is 24.0 Å². The predicted octanol–water partition coefficient (Wildman–Crippen LogP) is 3.77. The number of likely N-dealkylation sites (tertiary alicyclic amines) is 2. The molecule has 6 heteroatoms. The van der Waals surface area contributed by atoms with Gasteiger partial charge in [-0.05, 0) is 57.3 Å². The molecule has 0 aliphatic carbocycles. The van der Waals surface area contributed by atoms with Gasteiger partial charge in [0.2, 0.25) is 0 Å². The number of aliphatic imine (C=N–C) groups is 1. The summed E-state index contributed by atoms with van der Waals surface area (Å²) in [4.78, 5) is 9.88. The van der Waals surface area contributed by atoms with E-state index < -0.39 is 0 Å². The Morgan fingerprint density at radius 3 is 2.81 bits per heavy atom. The minimum absolute atomic E-state index is 0. The van der Waals surface area contributed by atoms with Gasteiger partial charge in [-0.3, -0.25) is 0 Å². The Balaban J connectivity index is 0.00000261. The van der Waals surface area contributed by atoms with Crippen molar-refractivity contribution in [2.75, 3.05) is 45.8 Å². The van der Waals surface area contributed by atoms with Gasteiger partial charge in [0.25, 0.3) is 0 Å². The second-order valence-electron chi connectivity index (χ2n) is 7.82. The number of hydrogen-bond acceptors (Lipinski definition) is 3. The third-order valence-electron chi connectivity index (χ3n) is 5.28. The molecule has 0 radical (unpaired) electrons. The molecule has 152 valence electrons. The van der Waals surface area contributed by atoms with Gasteiger partial charge < -0.3 is 19.5 Å². The van der Waals surface area contributed by atoms with Gasteiger partial charge in [-0.25, -0.2) is 4.99 Å². The molecule has 3 heterocycles. The molecule has 5 nitrogen and oxygen atoms in total. The first-order valence-electron chi connectivity index (χ1n) is 10.1. The summed E-state index contributed by atoms with van der Waals surface area (Å²) in [5.41, 5.74) is 1.10. The van der Waals surface area contributed by atoms with Crippen LogP contribution in [0.2, 0.25) is 0 Å². The Morgan fingerprint density at radius 1 is 1.30 bits per heavy atom. The smallest absolute Gasteiger partial charge is 0.194 e. The molecule has 1 aromatic rings. The van der Waals surface area contributed by atoms with Crippen molar-refractivity contribution in [1.29, 1.82) is 0 Å². The zero-order chi connectivity index (χ0) is 18.2. The summed E-state index contributed by atoms with van der Waals surface area (Å²) in [6, 6.07) is 3.97. The molecule has 1 aromatic heterocycles. The van der Waals surface area contributed by atoms with Crippen molar-refractivity contribution in [3.8, 4) is 0 Å². The van der Waals surface area contributed by atoms with Gasteiger partial charge in [0.1, 0.15) is 5.76 Å². The van der Waals surface area contributed by atoms with Crippen LogP contribution in [0, 0.1) is 5.92 Å². The quantitative estimate of drug-likeness (QED) is 0.276. The zero-order valence-electron chi connectivity index (χ0n) is 16.7. The maximum absolute atomic E-state index is 5.43. The third kappa shape index (κ3) is 7.49. The molecule has 27 heavy (non-hydrogen) atoms. The monoisotopic (exact) mass is 486 g/mol. The molecule has 0 bridgehead atoms. The van der Waals surface area contributed by atoms with Crippen LogP contribution in [0.4, 0.5) is 0 Å². The Labute approximate surface area is 181 Å². The molecule has 0 amide bonds. The number of rotatable bonds is 7. The van der Waals surface area contributed by atoms with Gasteiger partial charge in [0.15, 0.2) is 5.96 Å². The third-order valence-corrected chi connectivity index (χ3v) is 5.28. The van der Waals surface area contributed by atoms with Crippen molar-refractivity contribution < 1.29 is 4.42 Å². The van der Waals surface area contributed by atoms with Crippen LogP contribution in [-0.4, -0.2) is 61.6 Å². The maximum Gasteiger partial charge on any atom is 0.194 e. The second-order valence-corrected chi connectivity index (χ2v) is 7.82. The number of furan rings is 1. The minimum atomic E-state index is 0. The van der Waals surface area contributed by atoms with Gasteiger partial charge in [-0.2, -0.15) is 0 Å². The van der Waals surface area contributed by atoms with Crippen molar-refractivity contribution in [3.05, 3.63) is 36.3 Å². The van der Waals surface area contributed by atoms with Crippen LogP contribution in [-0.2, 0) is 6.42 Å². The molecule has 1 atom stereocenters. The lowest BCUT2D eigenvalue weighted by molar-refractivity contribution is 0.198. The van der Waals surface area contributed by atoms with Gasteiger partial charge >= 0.3 is 0 Å². The van der Waals surface area contributed by atoms with Gasteiger partial charge in [0, 0.05) is 32.6 Å². The first kappa shape index (κ1) is 22.3. The van der Waals surface area contributed by atoms with Gasteiger partial charge in [0.05, 0.1) is 12.8 Å². The first-order valence-corrected chi connectivity index (χ1v) is 10.1. The molecule has 2 aliphatic heterocycles. The fourth-order valence-electron chi connectivity index (χ4n) is 3.91. The van der Waals surface area contributed by atoms with E-state index in [9.17, 15) is 0 Å². The first-order chi connectivity index (χ1) is 12.7. The molecule has 3 rings (SSSR count). The molecule has 2 aliphatic rings. The van der Waals surface area contributed by atoms with Crippen LogP contribution in [0.25, 0.3) is 0 Å². The summed E-state index contributed by atoms with van der Waals surface area (Å²) in [6.45, 7) is 13.6. The van der Waals surface area contributed by atoms with Crippen molar-refractivity contribution in [1.82, 2.24) is 15.1 Å². The van der Waals surface area contributed by atoms with Crippen LogP contribution >= 0.6 is 24.0 Å². The second kappa shape index (κ2) is 11.7. The van der Waals surface area contributed by atoms with Crippen LogP contribution < -0.4 is 5.32 Å². The van der Waals surface area contributed by atoms with Gasteiger partial charge in [-0.1, -0.05) is 18.6 Å². The molecular formula is C21H35IN4O. The highest BCUT2D eigenvalue weighted by molar-refractivity contribution is 14.0. The molecule has 2 fully saturated rings. The predicted molar refractivity (Wildman–Crippen MR) is 123 cm³/mol. The summed E-state index contributed by atoms with van der Waals surface area (Å²) >= 11 is 0. The molecule has 2 saturated heterocycles. The number of nitrogens with zero attached hydrogens (tertiary/aromatic N) is 3. The minimum Gasteiger partial charge on any atom is -0.469 e. The molecule has 0 aromatic carbocycles. The van der Waals surface area contributed by atoms with Crippen molar-refractivity contribution >= 4 is 29.9 Å². The van der Waals surface area contributed by atoms with Crippen molar-refractivity contribution in [3.63, 3.8) is 0 Å². The van der Waals surface area contributed by atoms with E-state index in [1.165, 1.54) is 45.3 Å². The van der Waals surface area contributed by atoms with E-state index in [2.05, 4.69) is 21.7 Å². The summed E-state index contributed by atoms with van der Waals surface area (Å²) in [7, 11) is 0. The van der Waals surface area contributed by atoms with Gasteiger partial charge in [-0.15, -0.1) is 24.0 Å². The lowest BCUT2D eigenvalue weighted by atomic mass is 10.1. The molecule has 1 N–H and O–H groups in total. The Morgan fingerprint density at radius 2 is 2.11 bits per heavy atom. The molecule has 1 unspecified atom stereocenters. The summed E-state index contributed by atoms with van der Waals surface area (Å²) in [5, 5.41) is 3.54. The summed E-state index contributed by atoms with van der Waals surface area (Å²) < 4.78 is 5.43. The Kier molecular flexibility index (Phi) is 9.68. The molecular weight excluding hydrogens is 451 g/mol. The lowest BCUT2D eigenvalue weighted by Crippen LogP contribution is -2.42. The number of halogens is 1. The molecule has 0 spiro atoms. The van der Waals surface area contributed by atoms with E-state index in [4.69, 9.17) is 9.41 Å². The SMILES string of the molecule is C=C(C)CN=C(NCCc1ccco1)N1CCC(CN2CCCCC2)C1.I. The zero-order valence-corrected chi connectivity index (χ0v) is 19.0. The van der Waals surface area contributed by atoms with Crippen molar-refractivity contribution in [2.24, 2.45) is 10.9 Å². The highest BCUT2D eigenvalue weighted by atomic mass is 127. The maximum atomic E-state index is 5.43. The van der Waals surface area contributed by atoms with Crippen molar-refractivity contribution in [2.45, 2.75) is 39.0 Å². The van der Waals surface area contributed by atoms with E-state index >= 15 is 0 Å². The van der Waals surface area contributed by atoms with Crippen LogP contribution in [0.1, 0.15) is 38.4 Å². The standard InChI is InChI=1S/C21H34N4O.HI/c1-18(2)15-23-21(22-10-8-20-7-6-14-26-20)25-13-9-19(17-25)16-24-11-4-3-5-12-24;/h6-7,14,19H,1,3-5,8-13,15-17H2,2H3,(H,22,23);1H. The highest BCUT2D eigenvalue weighted by Crippen LogP contribution is 2.20. The Hall–Kier alpha value is -1.02. The summed E-state index contributed by atoms with van der Waals surface area (Å²) in [5.74, 6) is 2.80. The van der Waals surface area contributed by atoms with Crippen LogP contribution in [0.3, 0.4) is 0 Å². The number of piperidine rings is 1. The Bertz CT molecular complexity index is 581. The topological polar surface area (TPSA) is 44.0 Å². The largest absolute Gasteiger partial charge is 0.469 e. The number of hydrogen-bond donors (Lipinski definition) is 1. The van der Waals surface area contributed by atoms with Crippen LogP contribution in [0.15, 0.2) is 40.0 Å². The number of nitrogens with one attached hydrogen (secondary N) is 1. The highest BCUT2D eigenvalue weighted by Gasteiger charge is 2.27. The average Bonchev–Trinajstić information content (AvgIpc) is 3.31. The van der Waals surface area contributed by atoms with E-state index in [0.29, 0.717) is 6.54 Å². The average molecular weight is 486 g/mol. The lowest BCUT2D eigenvalue weighted by Gasteiger charge is -2.29. The van der Waals surface area contributed by atoms with E-state index in [0.717, 1.165) is 49.3 Å². The molecule has 0 saturated carbocycles. The number of guanidine groups is 1. The van der Waals surface area contributed by atoms with E-state index in [1.54, 1.807) is 6.26 Å². The fraction of sp³-hybridized carbons (Fsp3) is 0.667. The van der Waals surface area contributed by atoms with E-state index in [1.807, 2.05) is 19.1 Å². The van der Waals surface area contributed by atoms with Crippen LogP contribution in [0.5, 0.6) is 0 Å².